The second-order valence-electron chi connectivity index (χ2n) is 9.64. The number of hydrogen-bond donors (Lipinski definition) is 1. The van der Waals surface area contributed by atoms with Gasteiger partial charge in [-0.15, -0.1) is 0 Å². The number of anilines is 1. The molecule has 2 aromatic carbocycles. The minimum Gasteiger partial charge on any atom is -0.497 e. The predicted molar refractivity (Wildman–Crippen MR) is 139 cm³/mol. The van der Waals surface area contributed by atoms with Gasteiger partial charge in [-0.2, -0.15) is 0 Å². The molecular weight excluding hydrogens is 466 g/mol. The molecule has 1 atom stereocenters. The molecule has 2 rings (SSSR count). The number of nitrogens with zero attached hydrogens (tertiary/aromatic N) is 2. The van der Waals surface area contributed by atoms with Gasteiger partial charge in [0.15, 0.2) is 0 Å². The van der Waals surface area contributed by atoms with E-state index >= 15 is 0 Å². The molecule has 0 aromatic heterocycles. The van der Waals surface area contributed by atoms with Gasteiger partial charge < -0.3 is 15.0 Å². The van der Waals surface area contributed by atoms with Crippen LogP contribution in [0.25, 0.3) is 0 Å². The molecule has 0 bridgehead atoms. The molecule has 9 heteroatoms. The number of sulfonamides is 1. The number of methoxy groups -OCH3 is 1. The molecule has 0 fully saturated rings. The number of carbonyl (C=O) groups is 2. The molecule has 0 aliphatic heterocycles. The van der Waals surface area contributed by atoms with Crippen LogP contribution in [0.5, 0.6) is 5.75 Å². The summed E-state index contributed by atoms with van der Waals surface area (Å²) in [5.41, 5.74) is 1.74. The third kappa shape index (κ3) is 8.28. The highest BCUT2D eigenvalue weighted by molar-refractivity contribution is 7.92. The van der Waals surface area contributed by atoms with Crippen molar-refractivity contribution in [3.8, 4) is 5.75 Å². The highest BCUT2D eigenvalue weighted by Gasteiger charge is 2.33. The first kappa shape index (κ1) is 28.2. The Morgan fingerprint density at radius 3 is 2.23 bits per heavy atom. The Bertz CT molecular complexity index is 1120. The summed E-state index contributed by atoms with van der Waals surface area (Å²) in [5, 5.41) is 2.95. The summed E-state index contributed by atoms with van der Waals surface area (Å²) >= 11 is 0. The van der Waals surface area contributed by atoms with Crippen molar-refractivity contribution in [1.82, 2.24) is 10.2 Å². The molecule has 192 valence electrons. The SMILES string of the molecule is CC[C@@H](C(=O)NC(C)(C)C)N(Cc1ccc(C)cc1)C(=O)CN(c1cccc(OC)c1)S(C)(=O)=O. The zero-order chi connectivity index (χ0) is 26.4. The van der Waals surface area contributed by atoms with E-state index in [2.05, 4.69) is 5.32 Å². The summed E-state index contributed by atoms with van der Waals surface area (Å²) in [6, 6.07) is 13.4. The summed E-state index contributed by atoms with van der Waals surface area (Å²) in [6.45, 7) is 9.14. The van der Waals surface area contributed by atoms with Gasteiger partial charge in [-0.05, 0) is 51.8 Å². The average Bonchev–Trinajstić information content (AvgIpc) is 2.76. The monoisotopic (exact) mass is 503 g/mol. The van der Waals surface area contributed by atoms with Crippen molar-refractivity contribution in [2.75, 3.05) is 24.2 Å². The maximum Gasteiger partial charge on any atom is 0.244 e. The fourth-order valence-corrected chi connectivity index (χ4v) is 4.48. The van der Waals surface area contributed by atoms with Crippen LogP contribution in [0.15, 0.2) is 48.5 Å². The Kier molecular flexibility index (Phi) is 9.31. The molecule has 0 unspecified atom stereocenters. The van der Waals surface area contributed by atoms with E-state index < -0.39 is 34.1 Å². The molecule has 2 amide bonds. The van der Waals surface area contributed by atoms with E-state index in [4.69, 9.17) is 4.74 Å². The molecule has 0 aliphatic carbocycles. The van der Waals surface area contributed by atoms with Gasteiger partial charge in [-0.1, -0.05) is 42.8 Å². The van der Waals surface area contributed by atoms with Gasteiger partial charge in [-0.25, -0.2) is 8.42 Å². The molecule has 35 heavy (non-hydrogen) atoms. The minimum atomic E-state index is -3.80. The van der Waals surface area contributed by atoms with Crippen LogP contribution < -0.4 is 14.4 Å². The van der Waals surface area contributed by atoms with Crippen molar-refractivity contribution in [2.45, 2.75) is 59.2 Å². The lowest BCUT2D eigenvalue weighted by molar-refractivity contribution is -0.141. The fraction of sp³-hybridized carbons (Fsp3) is 0.462. The van der Waals surface area contributed by atoms with Crippen LogP contribution in [0, 0.1) is 6.92 Å². The highest BCUT2D eigenvalue weighted by atomic mass is 32.2. The normalized spacial score (nSPS) is 12.5. The van der Waals surface area contributed by atoms with Gasteiger partial charge in [0.05, 0.1) is 19.1 Å². The lowest BCUT2D eigenvalue weighted by atomic mass is 10.1. The lowest BCUT2D eigenvalue weighted by Crippen LogP contribution is -2.55. The van der Waals surface area contributed by atoms with Crippen LogP contribution in [0.4, 0.5) is 5.69 Å². The number of aryl methyl sites for hydroxylation is 1. The second kappa shape index (κ2) is 11.6. The molecular formula is C26H37N3O5S. The number of amides is 2. The molecule has 2 aromatic rings. The Hall–Kier alpha value is -3.07. The average molecular weight is 504 g/mol. The van der Waals surface area contributed by atoms with Crippen LogP contribution in [-0.4, -0.2) is 56.6 Å². The topological polar surface area (TPSA) is 96.0 Å². The molecule has 0 aliphatic rings. The van der Waals surface area contributed by atoms with Crippen molar-refractivity contribution < 1.29 is 22.7 Å². The molecule has 0 spiro atoms. The summed E-state index contributed by atoms with van der Waals surface area (Å²) in [6.07, 6.45) is 1.42. The summed E-state index contributed by atoms with van der Waals surface area (Å²) < 4.78 is 31.6. The first-order valence-corrected chi connectivity index (χ1v) is 13.4. The van der Waals surface area contributed by atoms with Gasteiger partial charge in [-0.3, -0.25) is 13.9 Å². The van der Waals surface area contributed by atoms with E-state index in [9.17, 15) is 18.0 Å². The van der Waals surface area contributed by atoms with Gasteiger partial charge in [0, 0.05) is 18.2 Å². The number of rotatable bonds is 10. The summed E-state index contributed by atoms with van der Waals surface area (Å²) in [7, 11) is -2.32. The number of carbonyl (C=O) groups excluding carboxylic acids is 2. The molecule has 0 heterocycles. The lowest BCUT2D eigenvalue weighted by Gasteiger charge is -2.34. The second-order valence-corrected chi connectivity index (χ2v) is 11.5. The van der Waals surface area contributed by atoms with Crippen LogP contribution in [0.1, 0.15) is 45.2 Å². The van der Waals surface area contributed by atoms with Crippen molar-refractivity contribution in [2.24, 2.45) is 0 Å². The van der Waals surface area contributed by atoms with Crippen molar-refractivity contribution in [1.29, 1.82) is 0 Å². The number of nitrogens with one attached hydrogen (secondary N) is 1. The maximum atomic E-state index is 13.7. The smallest absolute Gasteiger partial charge is 0.244 e. The largest absolute Gasteiger partial charge is 0.497 e. The standard InChI is InChI=1S/C26H37N3O5S/c1-8-23(25(31)27-26(3,4)5)28(17-20-14-12-19(2)13-15-20)24(30)18-29(35(7,32)33)21-10-9-11-22(16-21)34-6/h9-16,23H,8,17-18H2,1-7H3,(H,27,31)/t23-/m0/s1. The molecule has 1 N–H and O–H groups in total. The highest BCUT2D eigenvalue weighted by Crippen LogP contribution is 2.24. The molecule has 0 radical (unpaired) electrons. The fourth-order valence-electron chi connectivity index (χ4n) is 3.64. The van der Waals surface area contributed by atoms with E-state index in [0.29, 0.717) is 17.9 Å². The Morgan fingerprint density at radius 1 is 1.09 bits per heavy atom. The van der Waals surface area contributed by atoms with Crippen LogP contribution in [0.3, 0.4) is 0 Å². The van der Waals surface area contributed by atoms with E-state index in [1.165, 1.54) is 12.0 Å². The van der Waals surface area contributed by atoms with Crippen molar-refractivity contribution in [3.63, 3.8) is 0 Å². The van der Waals surface area contributed by atoms with Gasteiger partial charge in [0.1, 0.15) is 18.3 Å². The van der Waals surface area contributed by atoms with Crippen molar-refractivity contribution in [3.05, 3.63) is 59.7 Å². The van der Waals surface area contributed by atoms with Crippen LogP contribution in [-0.2, 0) is 26.2 Å². The maximum absolute atomic E-state index is 13.7. The Labute approximate surface area is 209 Å². The van der Waals surface area contributed by atoms with Crippen LogP contribution >= 0.6 is 0 Å². The first-order chi connectivity index (χ1) is 16.2. The van der Waals surface area contributed by atoms with Gasteiger partial charge >= 0.3 is 0 Å². The van der Waals surface area contributed by atoms with E-state index in [-0.39, 0.29) is 12.5 Å². The number of ether oxygens (including phenoxy) is 1. The quantitative estimate of drug-likeness (QED) is 0.535. The van der Waals surface area contributed by atoms with E-state index in [1.807, 2.05) is 58.9 Å². The Morgan fingerprint density at radius 2 is 1.71 bits per heavy atom. The zero-order valence-electron chi connectivity index (χ0n) is 21.7. The number of benzene rings is 2. The summed E-state index contributed by atoms with van der Waals surface area (Å²) in [4.78, 5) is 28.3. The Balaban J connectivity index is 2.46. The van der Waals surface area contributed by atoms with Gasteiger partial charge in [0.2, 0.25) is 21.8 Å². The third-order valence-electron chi connectivity index (χ3n) is 5.38. The number of hydrogen-bond acceptors (Lipinski definition) is 5. The molecule has 0 saturated carbocycles. The van der Waals surface area contributed by atoms with Crippen LogP contribution in [0.2, 0.25) is 0 Å². The third-order valence-corrected chi connectivity index (χ3v) is 6.52. The van der Waals surface area contributed by atoms with Crippen molar-refractivity contribution >= 4 is 27.5 Å². The van der Waals surface area contributed by atoms with Gasteiger partial charge in [0.25, 0.3) is 0 Å². The van der Waals surface area contributed by atoms with E-state index in [0.717, 1.165) is 21.7 Å². The molecule has 8 nitrogen and oxygen atoms in total. The molecule has 0 saturated heterocycles. The minimum absolute atomic E-state index is 0.172. The zero-order valence-corrected chi connectivity index (χ0v) is 22.5. The van der Waals surface area contributed by atoms with E-state index in [1.54, 1.807) is 24.3 Å². The summed E-state index contributed by atoms with van der Waals surface area (Å²) in [5.74, 6) is -0.293. The predicted octanol–water partition coefficient (Wildman–Crippen LogP) is 3.49. The first-order valence-electron chi connectivity index (χ1n) is 11.5.